The Bertz CT molecular complexity index is 866. The Balaban J connectivity index is 1.41. The molecule has 27 heavy (non-hydrogen) atoms. The summed E-state index contributed by atoms with van der Waals surface area (Å²) in [6.45, 7) is 3.48. The number of hydrogen-bond donors (Lipinski definition) is 0. The predicted octanol–water partition coefficient (Wildman–Crippen LogP) is 2.85. The number of fused-ring (bicyclic) bond motifs is 1. The molecule has 5 nitrogen and oxygen atoms in total. The van der Waals surface area contributed by atoms with Gasteiger partial charge in [0.2, 0.25) is 5.91 Å². The highest BCUT2D eigenvalue weighted by Gasteiger charge is 2.30. The normalized spacial score (nSPS) is 19.4. The lowest BCUT2D eigenvalue weighted by atomic mass is 9.95. The van der Waals surface area contributed by atoms with Crippen LogP contribution in [0.25, 0.3) is 0 Å². The van der Waals surface area contributed by atoms with Gasteiger partial charge in [0.15, 0.2) is 0 Å². The molecule has 1 saturated heterocycles. The van der Waals surface area contributed by atoms with Crippen LogP contribution < -0.4 is 9.64 Å². The number of hydrogen-bond acceptors (Lipinski definition) is 4. The molecule has 2 heterocycles. The summed E-state index contributed by atoms with van der Waals surface area (Å²) in [5.41, 5.74) is 2.77. The fourth-order valence-corrected chi connectivity index (χ4v) is 3.97. The van der Waals surface area contributed by atoms with Crippen molar-refractivity contribution in [1.29, 1.82) is 5.26 Å². The van der Waals surface area contributed by atoms with E-state index >= 15 is 0 Å². The van der Waals surface area contributed by atoms with E-state index in [9.17, 15) is 10.1 Å². The molecule has 2 aliphatic rings. The Morgan fingerprint density at radius 3 is 2.59 bits per heavy atom. The van der Waals surface area contributed by atoms with Crippen molar-refractivity contribution in [2.45, 2.75) is 12.8 Å². The van der Waals surface area contributed by atoms with Gasteiger partial charge in [-0.3, -0.25) is 4.79 Å². The zero-order valence-corrected chi connectivity index (χ0v) is 15.3. The molecule has 1 atom stereocenters. The fraction of sp³-hybridized carbons (Fsp3) is 0.364. The average molecular weight is 361 g/mol. The summed E-state index contributed by atoms with van der Waals surface area (Å²) in [7, 11) is 0. The van der Waals surface area contributed by atoms with Crippen LogP contribution in [0.2, 0.25) is 0 Å². The van der Waals surface area contributed by atoms with Gasteiger partial charge in [-0.1, -0.05) is 30.3 Å². The highest BCUT2D eigenvalue weighted by molar-refractivity contribution is 5.80. The highest BCUT2D eigenvalue weighted by Crippen LogP contribution is 2.28. The van der Waals surface area contributed by atoms with E-state index in [0.29, 0.717) is 25.3 Å². The summed E-state index contributed by atoms with van der Waals surface area (Å²) in [6, 6.07) is 17.9. The van der Waals surface area contributed by atoms with Crippen molar-refractivity contribution in [3.63, 3.8) is 0 Å². The van der Waals surface area contributed by atoms with E-state index in [1.165, 1.54) is 0 Å². The lowest BCUT2D eigenvalue weighted by molar-refractivity contribution is -0.136. The summed E-state index contributed by atoms with van der Waals surface area (Å²) < 4.78 is 5.81. The third-order valence-corrected chi connectivity index (χ3v) is 5.47. The van der Waals surface area contributed by atoms with Crippen LogP contribution in [0.3, 0.4) is 0 Å². The van der Waals surface area contributed by atoms with E-state index in [0.717, 1.165) is 42.9 Å². The van der Waals surface area contributed by atoms with Gasteiger partial charge in [-0.05, 0) is 36.6 Å². The summed E-state index contributed by atoms with van der Waals surface area (Å²) in [4.78, 5) is 17.3. The lowest BCUT2D eigenvalue weighted by Gasteiger charge is -2.37. The Labute approximate surface area is 159 Å². The monoisotopic (exact) mass is 361 g/mol. The lowest BCUT2D eigenvalue weighted by Crippen LogP contribution is -2.50. The third-order valence-electron chi connectivity index (χ3n) is 5.47. The van der Waals surface area contributed by atoms with Crippen LogP contribution in [0, 0.1) is 17.2 Å². The van der Waals surface area contributed by atoms with E-state index in [-0.39, 0.29) is 11.8 Å². The molecule has 0 unspecified atom stereocenters. The maximum atomic E-state index is 13.1. The minimum absolute atomic E-state index is 0.0217. The van der Waals surface area contributed by atoms with E-state index in [2.05, 4.69) is 17.0 Å². The number of benzene rings is 2. The van der Waals surface area contributed by atoms with Crippen LogP contribution in [0.15, 0.2) is 48.5 Å². The first-order valence-electron chi connectivity index (χ1n) is 9.50. The van der Waals surface area contributed by atoms with Gasteiger partial charge in [0.1, 0.15) is 11.8 Å². The second-order valence-corrected chi connectivity index (χ2v) is 7.09. The van der Waals surface area contributed by atoms with Crippen molar-refractivity contribution in [2.24, 2.45) is 5.92 Å². The molecule has 0 saturated carbocycles. The predicted molar refractivity (Wildman–Crippen MR) is 104 cm³/mol. The summed E-state index contributed by atoms with van der Waals surface area (Å²) in [5.74, 6) is 1.11. The molecule has 0 N–H and O–H groups in total. The van der Waals surface area contributed by atoms with Crippen molar-refractivity contribution in [1.82, 2.24) is 4.90 Å². The third kappa shape index (κ3) is 3.61. The van der Waals surface area contributed by atoms with Crippen molar-refractivity contribution in [3.8, 4) is 11.8 Å². The number of amides is 1. The molecule has 1 fully saturated rings. The molecule has 0 aromatic heterocycles. The quantitative estimate of drug-likeness (QED) is 0.825. The van der Waals surface area contributed by atoms with E-state index in [1.54, 1.807) is 0 Å². The van der Waals surface area contributed by atoms with Gasteiger partial charge < -0.3 is 14.5 Å². The Morgan fingerprint density at radius 1 is 1.04 bits per heavy atom. The van der Waals surface area contributed by atoms with Crippen LogP contribution in [0.5, 0.6) is 5.75 Å². The zero-order valence-electron chi connectivity index (χ0n) is 15.3. The molecule has 2 aromatic carbocycles. The number of nitriles is 1. The molecule has 2 aliphatic heterocycles. The Hall–Kier alpha value is -3.00. The molecule has 0 aliphatic carbocycles. The summed E-state index contributed by atoms with van der Waals surface area (Å²) in [5, 5.41) is 9.31. The van der Waals surface area contributed by atoms with Crippen LogP contribution in [-0.4, -0.2) is 43.6 Å². The zero-order chi connectivity index (χ0) is 18.6. The van der Waals surface area contributed by atoms with Crippen molar-refractivity contribution in [3.05, 3.63) is 59.7 Å². The number of piperazine rings is 1. The average Bonchev–Trinajstić information content (AvgIpc) is 2.96. The van der Waals surface area contributed by atoms with Gasteiger partial charge >= 0.3 is 0 Å². The van der Waals surface area contributed by atoms with E-state index in [4.69, 9.17) is 4.74 Å². The molecule has 0 radical (unpaired) electrons. The number of rotatable bonds is 2. The topological polar surface area (TPSA) is 56.6 Å². The van der Waals surface area contributed by atoms with Gasteiger partial charge in [-0.2, -0.15) is 5.26 Å². The highest BCUT2D eigenvalue weighted by atomic mass is 16.5. The van der Waals surface area contributed by atoms with Gasteiger partial charge in [0, 0.05) is 32.1 Å². The maximum absolute atomic E-state index is 13.1. The molecular weight excluding hydrogens is 338 g/mol. The first-order chi connectivity index (χ1) is 13.3. The first kappa shape index (κ1) is 17.4. The molecular formula is C22H23N3O2. The largest absolute Gasteiger partial charge is 0.493 e. The number of ether oxygens (including phenoxy) is 1. The maximum Gasteiger partial charge on any atom is 0.226 e. The molecule has 4 rings (SSSR count). The van der Waals surface area contributed by atoms with Crippen molar-refractivity contribution < 1.29 is 9.53 Å². The summed E-state index contributed by atoms with van der Waals surface area (Å²) >= 11 is 0. The SMILES string of the molecule is N#Cc1ccccc1N1CCN(C(=O)[C@@H]2CCOc3ccccc3C2)CC1. The number of para-hydroxylation sites is 2. The molecule has 138 valence electrons. The second-order valence-electron chi connectivity index (χ2n) is 7.09. The number of nitrogens with zero attached hydrogens (tertiary/aromatic N) is 3. The first-order valence-corrected chi connectivity index (χ1v) is 9.50. The number of carbonyl (C=O) groups excluding carboxylic acids is 1. The molecule has 1 amide bonds. The number of anilines is 1. The van der Waals surface area contributed by atoms with Crippen molar-refractivity contribution in [2.75, 3.05) is 37.7 Å². The fourth-order valence-electron chi connectivity index (χ4n) is 3.97. The summed E-state index contributed by atoms with van der Waals surface area (Å²) in [6.07, 6.45) is 1.50. The second kappa shape index (κ2) is 7.71. The van der Waals surface area contributed by atoms with Crippen molar-refractivity contribution >= 4 is 11.6 Å². The Kier molecular flexibility index (Phi) is 4.97. The van der Waals surface area contributed by atoms with E-state index < -0.39 is 0 Å². The molecule has 5 heteroatoms. The molecule has 0 bridgehead atoms. The standard InChI is InChI=1S/C22H23N3O2/c23-16-19-6-1-3-7-20(19)24-10-12-25(13-11-24)22(26)18-9-14-27-21-8-4-2-5-17(21)15-18/h1-8,18H,9-15H2/t18-/m1/s1. The van der Waals surface area contributed by atoms with Gasteiger partial charge in [-0.15, -0.1) is 0 Å². The van der Waals surface area contributed by atoms with Crippen LogP contribution >= 0.6 is 0 Å². The van der Waals surface area contributed by atoms with Crippen LogP contribution in [-0.2, 0) is 11.2 Å². The Morgan fingerprint density at radius 2 is 1.78 bits per heavy atom. The molecule has 0 spiro atoms. The minimum Gasteiger partial charge on any atom is -0.493 e. The van der Waals surface area contributed by atoms with Crippen LogP contribution in [0.1, 0.15) is 17.5 Å². The minimum atomic E-state index is -0.0217. The van der Waals surface area contributed by atoms with Gasteiger partial charge in [-0.25, -0.2) is 0 Å². The van der Waals surface area contributed by atoms with Gasteiger partial charge in [0.25, 0.3) is 0 Å². The van der Waals surface area contributed by atoms with Gasteiger partial charge in [0.05, 0.1) is 17.9 Å². The smallest absolute Gasteiger partial charge is 0.226 e. The number of carbonyl (C=O) groups is 1. The molecule has 2 aromatic rings. The van der Waals surface area contributed by atoms with Crippen LogP contribution in [0.4, 0.5) is 5.69 Å². The van der Waals surface area contributed by atoms with E-state index in [1.807, 2.05) is 47.4 Å².